The minimum Gasteiger partial charge on any atom is -0.362 e. The van der Waals surface area contributed by atoms with E-state index in [-0.39, 0.29) is 0 Å². The molecule has 0 spiro atoms. The third-order valence-electron chi connectivity index (χ3n) is 3.45. The standard InChI is InChI=1S/C16H17N5O/c1-22-11-21-16(18-19-20-21)15-5-3-2-4-14(15)13-8-6-12(10-17)7-9-13/h2-9H,10-11,17H2,1H3. The van der Waals surface area contributed by atoms with Gasteiger partial charge in [-0.15, -0.1) is 5.10 Å². The van der Waals surface area contributed by atoms with Crippen LogP contribution >= 0.6 is 0 Å². The van der Waals surface area contributed by atoms with Crippen molar-refractivity contribution in [3.8, 4) is 22.5 Å². The van der Waals surface area contributed by atoms with Gasteiger partial charge in [0.25, 0.3) is 0 Å². The van der Waals surface area contributed by atoms with Gasteiger partial charge in [0, 0.05) is 19.2 Å². The van der Waals surface area contributed by atoms with Gasteiger partial charge in [0.1, 0.15) is 6.73 Å². The highest BCUT2D eigenvalue weighted by Crippen LogP contribution is 2.30. The van der Waals surface area contributed by atoms with E-state index >= 15 is 0 Å². The van der Waals surface area contributed by atoms with Gasteiger partial charge < -0.3 is 10.5 Å². The van der Waals surface area contributed by atoms with E-state index < -0.39 is 0 Å². The quantitative estimate of drug-likeness (QED) is 0.779. The first kappa shape index (κ1) is 14.4. The molecule has 22 heavy (non-hydrogen) atoms. The topological polar surface area (TPSA) is 78.8 Å². The second-order valence-electron chi connectivity index (χ2n) is 4.87. The molecule has 0 atom stereocenters. The Hall–Kier alpha value is -2.57. The lowest BCUT2D eigenvalue weighted by molar-refractivity contribution is 0.120. The van der Waals surface area contributed by atoms with Gasteiger partial charge in [0.05, 0.1) is 0 Å². The van der Waals surface area contributed by atoms with Gasteiger partial charge in [-0.25, -0.2) is 0 Å². The summed E-state index contributed by atoms with van der Waals surface area (Å²) >= 11 is 0. The number of nitrogens with two attached hydrogens (primary N) is 1. The molecule has 6 heteroatoms. The van der Waals surface area contributed by atoms with Crippen LogP contribution in [-0.2, 0) is 18.0 Å². The van der Waals surface area contributed by atoms with Gasteiger partial charge in [-0.2, -0.15) is 4.68 Å². The maximum atomic E-state index is 5.66. The molecule has 2 N–H and O–H groups in total. The number of hydrogen-bond acceptors (Lipinski definition) is 5. The van der Waals surface area contributed by atoms with Gasteiger partial charge in [0.15, 0.2) is 5.82 Å². The minimum absolute atomic E-state index is 0.308. The zero-order valence-corrected chi connectivity index (χ0v) is 12.3. The Labute approximate surface area is 128 Å². The largest absolute Gasteiger partial charge is 0.362 e. The fraction of sp³-hybridized carbons (Fsp3) is 0.188. The van der Waals surface area contributed by atoms with Crippen LogP contribution in [0.2, 0.25) is 0 Å². The van der Waals surface area contributed by atoms with E-state index in [1.54, 1.807) is 11.8 Å². The zero-order valence-electron chi connectivity index (χ0n) is 12.3. The first-order valence-electron chi connectivity index (χ1n) is 6.97. The van der Waals surface area contributed by atoms with Gasteiger partial charge in [0.2, 0.25) is 0 Å². The summed E-state index contributed by atoms with van der Waals surface area (Å²) in [6, 6.07) is 16.2. The molecule has 1 aromatic heterocycles. The Morgan fingerprint density at radius 2 is 1.77 bits per heavy atom. The lowest BCUT2D eigenvalue weighted by Crippen LogP contribution is -2.05. The predicted molar refractivity (Wildman–Crippen MR) is 83.6 cm³/mol. The number of ether oxygens (including phenoxy) is 1. The Kier molecular flexibility index (Phi) is 4.22. The summed E-state index contributed by atoms with van der Waals surface area (Å²) in [5.41, 5.74) is 9.89. The maximum Gasteiger partial charge on any atom is 0.185 e. The zero-order chi connectivity index (χ0) is 15.4. The molecule has 0 aliphatic heterocycles. The van der Waals surface area contributed by atoms with Crippen LogP contribution in [0, 0.1) is 0 Å². The number of benzene rings is 2. The molecular weight excluding hydrogens is 278 g/mol. The van der Waals surface area contributed by atoms with Crippen LogP contribution in [-0.4, -0.2) is 27.3 Å². The lowest BCUT2D eigenvalue weighted by Gasteiger charge is -2.10. The van der Waals surface area contributed by atoms with Gasteiger partial charge in [-0.1, -0.05) is 48.5 Å². The second kappa shape index (κ2) is 6.46. The molecule has 6 nitrogen and oxygen atoms in total. The molecule has 0 aliphatic rings. The molecule has 3 aromatic rings. The molecule has 0 bridgehead atoms. The van der Waals surface area contributed by atoms with Crippen LogP contribution in [0.3, 0.4) is 0 Å². The number of aromatic nitrogens is 4. The fourth-order valence-corrected chi connectivity index (χ4v) is 2.36. The summed E-state index contributed by atoms with van der Waals surface area (Å²) < 4.78 is 6.76. The Balaban J connectivity index is 2.07. The van der Waals surface area contributed by atoms with Crippen LogP contribution < -0.4 is 5.73 Å². The molecule has 112 valence electrons. The summed E-state index contributed by atoms with van der Waals surface area (Å²) in [4.78, 5) is 0. The molecular formula is C16H17N5O. The average molecular weight is 295 g/mol. The molecule has 0 unspecified atom stereocenters. The van der Waals surface area contributed by atoms with E-state index in [4.69, 9.17) is 10.5 Å². The molecule has 0 amide bonds. The highest BCUT2D eigenvalue weighted by atomic mass is 16.5. The van der Waals surface area contributed by atoms with E-state index in [1.165, 1.54) is 0 Å². The molecule has 1 heterocycles. The third-order valence-corrected chi connectivity index (χ3v) is 3.45. The number of tetrazole rings is 1. The summed E-state index contributed by atoms with van der Waals surface area (Å²) in [6.45, 7) is 0.844. The Morgan fingerprint density at radius 1 is 1.05 bits per heavy atom. The van der Waals surface area contributed by atoms with Gasteiger partial charge in [-0.3, -0.25) is 0 Å². The van der Waals surface area contributed by atoms with Gasteiger partial charge in [-0.05, 0) is 27.1 Å². The SMILES string of the molecule is COCn1nnnc1-c1ccccc1-c1ccc(CN)cc1. The summed E-state index contributed by atoms with van der Waals surface area (Å²) in [7, 11) is 1.61. The minimum atomic E-state index is 0.308. The molecule has 3 rings (SSSR count). The van der Waals surface area contributed by atoms with Gasteiger partial charge >= 0.3 is 0 Å². The summed E-state index contributed by atoms with van der Waals surface area (Å²) in [5, 5.41) is 11.8. The monoisotopic (exact) mass is 295 g/mol. The van der Waals surface area contributed by atoms with E-state index in [0.29, 0.717) is 19.1 Å². The van der Waals surface area contributed by atoms with Crippen molar-refractivity contribution in [3.05, 3.63) is 54.1 Å². The number of rotatable bonds is 5. The molecule has 0 saturated carbocycles. The van der Waals surface area contributed by atoms with Crippen LogP contribution in [0.5, 0.6) is 0 Å². The van der Waals surface area contributed by atoms with Crippen molar-refractivity contribution in [2.24, 2.45) is 5.73 Å². The van der Waals surface area contributed by atoms with Crippen molar-refractivity contribution < 1.29 is 4.74 Å². The summed E-state index contributed by atoms with van der Waals surface area (Å²) in [5.74, 6) is 0.681. The summed E-state index contributed by atoms with van der Waals surface area (Å²) in [6.07, 6.45) is 0. The highest BCUT2D eigenvalue weighted by molar-refractivity contribution is 5.80. The fourth-order valence-electron chi connectivity index (χ4n) is 2.36. The smallest absolute Gasteiger partial charge is 0.185 e. The van der Waals surface area contributed by atoms with E-state index in [0.717, 1.165) is 22.3 Å². The highest BCUT2D eigenvalue weighted by Gasteiger charge is 2.13. The first-order valence-corrected chi connectivity index (χ1v) is 6.97. The molecule has 0 fully saturated rings. The van der Waals surface area contributed by atoms with E-state index in [2.05, 4.69) is 33.7 Å². The Morgan fingerprint density at radius 3 is 2.45 bits per heavy atom. The molecule has 0 saturated heterocycles. The lowest BCUT2D eigenvalue weighted by atomic mass is 9.98. The van der Waals surface area contributed by atoms with Crippen molar-refractivity contribution in [1.29, 1.82) is 0 Å². The number of methoxy groups -OCH3 is 1. The molecule has 2 aromatic carbocycles. The van der Waals surface area contributed by atoms with Crippen molar-refractivity contribution in [3.63, 3.8) is 0 Å². The third kappa shape index (κ3) is 2.74. The normalized spacial score (nSPS) is 10.8. The average Bonchev–Trinajstić information content (AvgIpc) is 3.03. The van der Waals surface area contributed by atoms with Crippen LogP contribution in [0.15, 0.2) is 48.5 Å². The molecule has 0 radical (unpaired) electrons. The maximum absolute atomic E-state index is 5.66. The molecule has 0 aliphatic carbocycles. The van der Waals surface area contributed by atoms with Crippen LogP contribution in [0.4, 0.5) is 0 Å². The van der Waals surface area contributed by atoms with Crippen LogP contribution in [0.1, 0.15) is 5.56 Å². The second-order valence-corrected chi connectivity index (χ2v) is 4.87. The van der Waals surface area contributed by atoms with Crippen LogP contribution in [0.25, 0.3) is 22.5 Å². The number of nitrogens with zero attached hydrogens (tertiary/aromatic N) is 4. The van der Waals surface area contributed by atoms with Crippen molar-refractivity contribution in [2.75, 3.05) is 7.11 Å². The first-order chi connectivity index (χ1) is 10.8. The predicted octanol–water partition coefficient (Wildman–Crippen LogP) is 2.07. The van der Waals surface area contributed by atoms with E-state index in [1.807, 2.05) is 30.3 Å². The Bertz CT molecular complexity index is 751. The van der Waals surface area contributed by atoms with Crippen molar-refractivity contribution in [2.45, 2.75) is 13.3 Å². The number of hydrogen-bond donors (Lipinski definition) is 1. The van der Waals surface area contributed by atoms with Crippen molar-refractivity contribution >= 4 is 0 Å². The van der Waals surface area contributed by atoms with Crippen molar-refractivity contribution in [1.82, 2.24) is 20.2 Å². The van der Waals surface area contributed by atoms with E-state index in [9.17, 15) is 0 Å².